The Labute approximate surface area is 199 Å². The highest BCUT2D eigenvalue weighted by Gasteiger charge is 2.45. The number of aliphatic carboxylic acids is 1. The van der Waals surface area contributed by atoms with Gasteiger partial charge in [0.1, 0.15) is 6.61 Å². The molecule has 0 saturated heterocycles. The van der Waals surface area contributed by atoms with E-state index in [0.717, 1.165) is 19.3 Å². The van der Waals surface area contributed by atoms with Gasteiger partial charge in [0.05, 0.1) is 12.0 Å². The monoisotopic (exact) mass is 464 g/mol. The zero-order valence-electron chi connectivity index (χ0n) is 19.5. The summed E-state index contributed by atoms with van der Waals surface area (Å²) in [5, 5.41) is 14.6. The van der Waals surface area contributed by atoms with Crippen LogP contribution < -0.4 is 10.6 Å². The summed E-state index contributed by atoms with van der Waals surface area (Å²) in [5.41, 5.74) is 4.22. The van der Waals surface area contributed by atoms with Crippen LogP contribution in [-0.2, 0) is 14.3 Å². The van der Waals surface area contributed by atoms with Crippen LogP contribution in [0.2, 0.25) is 0 Å². The van der Waals surface area contributed by atoms with Crippen LogP contribution in [-0.4, -0.2) is 41.8 Å². The molecule has 2 aromatic carbocycles. The van der Waals surface area contributed by atoms with Crippen molar-refractivity contribution in [3.8, 4) is 11.1 Å². The van der Waals surface area contributed by atoms with Gasteiger partial charge >= 0.3 is 12.1 Å². The van der Waals surface area contributed by atoms with Crippen LogP contribution >= 0.6 is 0 Å². The molecule has 1 atom stereocenters. The van der Waals surface area contributed by atoms with E-state index < -0.39 is 17.6 Å². The van der Waals surface area contributed by atoms with E-state index in [1.54, 1.807) is 0 Å². The summed E-state index contributed by atoms with van der Waals surface area (Å²) in [7, 11) is 0. The van der Waals surface area contributed by atoms with Gasteiger partial charge in [0.25, 0.3) is 0 Å². The van der Waals surface area contributed by atoms with Crippen molar-refractivity contribution in [1.29, 1.82) is 0 Å². The molecule has 4 rings (SSSR count). The molecule has 1 fully saturated rings. The molecule has 7 heteroatoms. The molecule has 3 N–H and O–H groups in total. The molecule has 2 amide bonds. The summed E-state index contributed by atoms with van der Waals surface area (Å²) < 4.78 is 5.55. The number of carbonyl (C=O) groups excluding carboxylic acids is 2. The van der Waals surface area contributed by atoms with Gasteiger partial charge in [-0.15, -0.1) is 0 Å². The van der Waals surface area contributed by atoms with Crippen LogP contribution in [0.1, 0.15) is 62.5 Å². The summed E-state index contributed by atoms with van der Waals surface area (Å²) in [6.45, 7) is 2.80. The fourth-order valence-corrected chi connectivity index (χ4v) is 4.74. The van der Waals surface area contributed by atoms with E-state index in [0.29, 0.717) is 19.4 Å². The Morgan fingerprint density at radius 1 is 1.03 bits per heavy atom. The minimum atomic E-state index is -0.884. The lowest BCUT2D eigenvalue weighted by Crippen LogP contribution is -2.38. The third kappa shape index (κ3) is 5.76. The summed E-state index contributed by atoms with van der Waals surface area (Å²) in [4.78, 5) is 35.3. The van der Waals surface area contributed by atoms with Crippen LogP contribution in [0.25, 0.3) is 11.1 Å². The van der Waals surface area contributed by atoms with Crippen molar-refractivity contribution in [2.24, 2.45) is 5.92 Å². The molecule has 2 aliphatic carbocycles. The number of alkyl carbamates (subject to hydrolysis) is 1. The SMILES string of the molecule is CC(CCNC(=O)OCC1c2ccccc2-c2ccccc21)CCC(=O)NC1(CC(=O)O)CC1. The molecule has 1 unspecified atom stereocenters. The normalized spacial score (nSPS) is 16.1. The maximum absolute atomic E-state index is 12.3. The van der Waals surface area contributed by atoms with E-state index in [9.17, 15) is 14.4 Å². The maximum atomic E-state index is 12.3. The highest BCUT2D eigenvalue weighted by atomic mass is 16.5. The number of hydrogen-bond donors (Lipinski definition) is 3. The lowest BCUT2D eigenvalue weighted by Gasteiger charge is -2.17. The van der Waals surface area contributed by atoms with Gasteiger partial charge in [0.15, 0.2) is 0 Å². The molecule has 2 aliphatic rings. The van der Waals surface area contributed by atoms with Crippen LogP contribution in [0.4, 0.5) is 4.79 Å². The van der Waals surface area contributed by atoms with Gasteiger partial charge in [-0.3, -0.25) is 9.59 Å². The molecule has 0 spiro atoms. The smallest absolute Gasteiger partial charge is 0.407 e. The van der Waals surface area contributed by atoms with E-state index in [2.05, 4.69) is 34.9 Å². The number of amides is 2. The number of carboxylic acids is 1. The third-order valence-corrected chi connectivity index (χ3v) is 6.86. The molecule has 0 heterocycles. The van der Waals surface area contributed by atoms with Gasteiger partial charge < -0.3 is 20.5 Å². The predicted octanol–water partition coefficient (Wildman–Crippen LogP) is 4.46. The fraction of sp³-hybridized carbons (Fsp3) is 0.444. The Balaban J connectivity index is 1.15. The number of ether oxygens (including phenoxy) is 1. The van der Waals surface area contributed by atoms with Crippen LogP contribution in [0.3, 0.4) is 0 Å². The van der Waals surface area contributed by atoms with Crippen LogP contribution in [0.15, 0.2) is 48.5 Å². The average molecular weight is 465 g/mol. The number of fused-ring (bicyclic) bond motifs is 3. The van der Waals surface area contributed by atoms with Crippen LogP contribution in [0.5, 0.6) is 0 Å². The van der Waals surface area contributed by atoms with Gasteiger partial charge in [-0.1, -0.05) is 55.5 Å². The van der Waals surface area contributed by atoms with Crippen molar-refractivity contribution in [2.45, 2.75) is 56.9 Å². The molecule has 0 radical (unpaired) electrons. The number of rotatable bonds is 11. The van der Waals surface area contributed by atoms with Crippen LogP contribution in [0, 0.1) is 5.92 Å². The molecule has 0 aromatic heterocycles. The zero-order chi connectivity index (χ0) is 24.1. The molecule has 180 valence electrons. The molecule has 7 nitrogen and oxygen atoms in total. The van der Waals surface area contributed by atoms with Crippen molar-refractivity contribution in [3.05, 3.63) is 59.7 Å². The largest absolute Gasteiger partial charge is 0.481 e. The Morgan fingerprint density at radius 2 is 1.65 bits per heavy atom. The van der Waals surface area contributed by atoms with E-state index in [1.165, 1.54) is 22.3 Å². The maximum Gasteiger partial charge on any atom is 0.407 e. The average Bonchev–Trinajstić information content (AvgIpc) is 3.47. The van der Waals surface area contributed by atoms with Crippen molar-refractivity contribution in [3.63, 3.8) is 0 Å². The Bertz CT molecular complexity index is 1020. The lowest BCUT2D eigenvalue weighted by molar-refractivity contribution is -0.138. The topological polar surface area (TPSA) is 105 Å². The summed E-state index contributed by atoms with van der Waals surface area (Å²) in [6, 6.07) is 16.5. The van der Waals surface area contributed by atoms with E-state index in [-0.39, 0.29) is 30.8 Å². The zero-order valence-corrected chi connectivity index (χ0v) is 19.5. The number of nitrogens with one attached hydrogen (secondary N) is 2. The molecule has 1 saturated carbocycles. The first-order chi connectivity index (χ1) is 16.4. The lowest BCUT2D eigenvalue weighted by atomic mass is 9.98. The van der Waals surface area contributed by atoms with Gasteiger partial charge in [-0.25, -0.2) is 4.79 Å². The van der Waals surface area contributed by atoms with E-state index >= 15 is 0 Å². The van der Waals surface area contributed by atoms with Gasteiger partial charge in [0, 0.05) is 18.9 Å². The standard InChI is InChI=1S/C27H32N2O5/c1-18(10-11-24(30)29-27(13-14-27)16-25(31)32)12-15-28-26(33)34-17-23-21-8-4-2-6-19(21)20-7-3-5-9-22(20)23/h2-9,18,23H,10-17H2,1H3,(H,28,33)(H,29,30)(H,31,32). The first-order valence-electron chi connectivity index (χ1n) is 12.0. The summed E-state index contributed by atoms with van der Waals surface area (Å²) >= 11 is 0. The van der Waals surface area contributed by atoms with Gasteiger partial charge in [-0.2, -0.15) is 0 Å². The molecule has 2 aromatic rings. The van der Waals surface area contributed by atoms with Crippen molar-refractivity contribution >= 4 is 18.0 Å². The van der Waals surface area contributed by atoms with Gasteiger partial charge in [0.2, 0.25) is 5.91 Å². The second kappa shape index (κ2) is 10.3. The second-order valence-corrected chi connectivity index (χ2v) is 9.58. The minimum Gasteiger partial charge on any atom is -0.481 e. The first kappa shape index (κ1) is 23.8. The molecule has 0 aliphatic heterocycles. The van der Waals surface area contributed by atoms with Crippen molar-refractivity contribution < 1.29 is 24.2 Å². The summed E-state index contributed by atoms with van der Waals surface area (Å²) in [5.74, 6) is -0.707. The molecule has 34 heavy (non-hydrogen) atoms. The minimum absolute atomic E-state index is 0.0155. The fourth-order valence-electron chi connectivity index (χ4n) is 4.74. The van der Waals surface area contributed by atoms with Crippen molar-refractivity contribution in [1.82, 2.24) is 10.6 Å². The summed E-state index contributed by atoms with van der Waals surface area (Å²) in [6.07, 6.45) is 2.77. The van der Waals surface area contributed by atoms with Gasteiger partial charge in [-0.05, 0) is 53.9 Å². The van der Waals surface area contributed by atoms with E-state index in [1.807, 2.05) is 31.2 Å². The number of carbonyl (C=O) groups is 3. The Kier molecular flexibility index (Phi) is 7.20. The number of hydrogen-bond acceptors (Lipinski definition) is 4. The first-order valence-corrected chi connectivity index (χ1v) is 12.0. The Morgan fingerprint density at radius 3 is 2.24 bits per heavy atom. The van der Waals surface area contributed by atoms with Crippen molar-refractivity contribution in [2.75, 3.05) is 13.2 Å². The van der Waals surface area contributed by atoms with E-state index in [4.69, 9.17) is 9.84 Å². The highest BCUT2D eigenvalue weighted by molar-refractivity contribution is 5.80. The highest BCUT2D eigenvalue weighted by Crippen LogP contribution is 2.44. The number of benzene rings is 2. The number of carboxylic acid groups (broad SMARTS) is 1. The Hall–Kier alpha value is -3.35. The molecular formula is C27H32N2O5. The second-order valence-electron chi connectivity index (χ2n) is 9.58. The molecule has 0 bridgehead atoms. The molecular weight excluding hydrogens is 432 g/mol. The quantitative estimate of drug-likeness (QED) is 0.456. The third-order valence-electron chi connectivity index (χ3n) is 6.86. The predicted molar refractivity (Wildman–Crippen MR) is 128 cm³/mol.